The molecule has 0 saturated heterocycles. The minimum Gasteiger partial charge on any atom is -0.466 e. The number of nitrogens with one attached hydrogen (secondary N) is 1. The van der Waals surface area contributed by atoms with Crippen molar-refractivity contribution in [3.8, 4) is 22.5 Å². The van der Waals surface area contributed by atoms with Crippen molar-refractivity contribution in [3.63, 3.8) is 0 Å². The molecule has 1 aromatic heterocycles. The summed E-state index contributed by atoms with van der Waals surface area (Å²) in [6.07, 6.45) is -0.784. The lowest BCUT2D eigenvalue weighted by molar-refractivity contribution is -0.143. The Morgan fingerprint density at radius 3 is 2.29 bits per heavy atom. The van der Waals surface area contributed by atoms with Crippen LogP contribution in [0.1, 0.15) is 61.9 Å². The number of aromatic nitrogens is 1. The predicted octanol–water partition coefficient (Wildman–Crippen LogP) is 8.75. The van der Waals surface area contributed by atoms with Gasteiger partial charge in [0, 0.05) is 17.0 Å². The van der Waals surface area contributed by atoms with Gasteiger partial charge in [0.15, 0.2) is 5.76 Å². The second-order valence-corrected chi connectivity index (χ2v) is 11.2. The Bertz CT molecular complexity index is 1520. The highest BCUT2D eigenvalue weighted by Gasteiger charge is 2.46. The molecular weight excluding hydrogens is 541 g/mol. The van der Waals surface area contributed by atoms with E-state index >= 15 is 0 Å². The van der Waals surface area contributed by atoms with E-state index in [4.69, 9.17) is 9.26 Å². The maximum atomic E-state index is 13.1. The van der Waals surface area contributed by atoms with Crippen LogP contribution in [0.2, 0.25) is 0 Å². The maximum absolute atomic E-state index is 13.1. The number of alkyl halides is 3. The molecule has 1 saturated carbocycles. The molecule has 1 N–H and O–H groups in total. The van der Waals surface area contributed by atoms with Crippen molar-refractivity contribution in [3.05, 3.63) is 95.2 Å². The third kappa shape index (κ3) is 6.69. The summed E-state index contributed by atoms with van der Waals surface area (Å²) in [4.78, 5) is 12.1. The normalized spacial score (nSPS) is 14.8. The van der Waals surface area contributed by atoms with Crippen molar-refractivity contribution in [1.82, 2.24) is 5.16 Å². The first-order chi connectivity index (χ1) is 20.1. The van der Waals surface area contributed by atoms with Gasteiger partial charge in [0.05, 0.1) is 18.6 Å². The molecular formula is C34H35F3N2O3. The molecule has 1 heterocycles. The molecule has 4 aromatic rings. The van der Waals surface area contributed by atoms with E-state index < -0.39 is 11.7 Å². The summed E-state index contributed by atoms with van der Waals surface area (Å²) >= 11 is 0. The number of ether oxygens (including phenoxy) is 1. The summed E-state index contributed by atoms with van der Waals surface area (Å²) in [5.41, 5.74) is 5.60. The number of carbonyl (C=O) groups is 1. The zero-order valence-corrected chi connectivity index (χ0v) is 24.1. The van der Waals surface area contributed by atoms with Gasteiger partial charge in [-0.05, 0) is 74.8 Å². The van der Waals surface area contributed by atoms with Crippen LogP contribution in [-0.4, -0.2) is 23.8 Å². The largest absolute Gasteiger partial charge is 0.466 e. The van der Waals surface area contributed by atoms with E-state index in [0.717, 1.165) is 41.3 Å². The number of rotatable bonds is 11. The van der Waals surface area contributed by atoms with Crippen molar-refractivity contribution in [2.45, 2.75) is 70.5 Å². The van der Waals surface area contributed by atoms with Crippen LogP contribution in [0.5, 0.6) is 0 Å². The highest BCUT2D eigenvalue weighted by Crippen LogP contribution is 2.51. The fourth-order valence-electron chi connectivity index (χ4n) is 5.38. The van der Waals surface area contributed by atoms with Crippen LogP contribution in [0.3, 0.4) is 0 Å². The average Bonchev–Trinajstić information content (AvgIpc) is 3.67. The molecule has 0 radical (unpaired) electrons. The predicted molar refractivity (Wildman–Crippen MR) is 157 cm³/mol. The zero-order valence-electron chi connectivity index (χ0n) is 24.1. The highest BCUT2D eigenvalue weighted by molar-refractivity contribution is 5.77. The van der Waals surface area contributed by atoms with Gasteiger partial charge in [-0.3, -0.25) is 4.79 Å². The number of hydrogen-bond acceptors (Lipinski definition) is 5. The van der Waals surface area contributed by atoms with Crippen LogP contribution < -0.4 is 5.32 Å². The molecule has 1 unspecified atom stereocenters. The molecule has 5 nitrogen and oxygen atoms in total. The molecule has 0 spiro atoms. The van der Waals surface area contributed by atoms with E-state index in [1.165, 1.54) is 17.7 Å². The highest BCUT2D eigenvalue weighted by atomic mass is 19.4. The number of aryl methyl sites for hydroxylation is 2. The fraction of sp³-hybridized carbons (Fsp3) is 0.353. The number of anilines is 1. The van der Waals surface area contributed by atoms with E-state index in [-0.39, 0.29) is 17.4 Å². The van der Waals surface area contributed by atoms with Gasteiger partial charge in [-0.25, -0.2) is 0 Å². The van der Waals surface area contributed by atoms with E-state index in [2.05, 4.69) is 34.7 Å². The molecule has 8 heteroatoms. The molecule has 5 rings (SSSR count). The first-order valence-electron chi connectivity index (χ1n) is 14.3. The van der Waals surface area contributed by atoms with Crippen LogP contribution in [-0.2, 0) is 27.5 Å². The van der Waals surface area contributed by atoms with Gasteiger partial charge in [-0.15, -0.1) is 0 Å². The summed E-state index contributed by atoms with van der Waals surface area (Å²) in [5.74, 6) is 0.478. The Kier molecular flexibility index (Phi) is 8.43. The lowest BCUT2D eigenvalue weighted by Gasteiger charge is -2.16. The van der Waals surface area contributed by atoms with Gasteiger partial charge in [0.25, 0.3) is 0 Å². The van der Waals surface area contributed by atoms with E-state index in [9.17, 15) is 18.0 Å². The number of nitrogens with zero attached hydrogens (tertiary/aromatic N) is 1. The summed E-state index contributed by atoms with van der Waals surface area (Å²) < 4.78 is 50.0. The minimum atomic E-state index is -4.35. The van der Waals surface area contributed by atoms with Crippen molar-refractivity contribution in [1.29, 1.82) is 0 Å². The van der Waals surface area contributed by atoms with E-state index in [0.29, 0.717) is 42.9 Å². The van der Waals surface area contributed by atoms with Gasteiger partial charge in [0.2, 0.25) is 0 Å². The minimum absolute atomic E-state index is 0.0206. The van der Waals surface area contributed by atoms with Gasteiger partial charge >= 0.3 is 12.1 Å². The Morgan fingerprint density at radius 2 is 1.67 bits per heavy atom. The number of hydrogen-bond donors (Lipinski definition) is 1. The van der Waals surface area contributed by atoms with Gasteiger partial charge in [-0.2, -0.15) is 13.2 Å². The first kappa shape index (κ1) is 29.4. The standard InChI is InChI=1S/C34H35F3N2O3/c1-4-41-30(40)21-33(18-19-33)28-16-14-26(15-17-28)25-10-12-27(13-11-25)32-31(23(3)39-42-32)38-22(2)8-9-24-6-5-7-29(20-24)34(35,36)37/h5-7,10-17,20,22,38H,4,8-9,18-19,21H2,1-3H3. The van der Waals surface area contributed by atoms with Crippen LogP contribution in [0.25, 0.3) is 22.5 Å². The monoisotopic (exact) mass is 576 g/mol. The molecule has 0 bridgehead atoms. The van der Waals surface area contributed by atoms with Gasteiger partial charge < -0.3 is 14.6 Å². The fourth-order valence-corrected chi connectivity index (χ4v) is 5.38. The number of esters is 1. The Balaban J connectivity index is 1.24. The maximum Gasteiger partial charge on any atom is 0.416 e. The summed E-state index contributed by atoms with van der Waals surface area (Å²) in [5, 5.41) is 7.61. The topological polar surface area (TPSA) is 64.4 Å². The number of carbonyl (C=O) groups excluding carboxylic acids is 1. The average molecular weight is 577 g/mol. The third-order valence-corrected chi connectivity index (χ3v) is 7.99. The smallest absolute Gasteiger partial charge is 0.416 e. The quantitative estimate of drug-likeness (QED) is 0.181. The van der Waals surface area contributed by atoms with Crippen LogP contribution in [0.15, 0.2) is 77.3 Å². The molecule has 1 fully saturated rings. The summed E-state index contributed by atoms with van der Waals surface area (Å²) in [7, 11) is 0. The van der Waals surface area contributed by atoms with Crippen LogP contribution in [0, 0.1) is 6.92 Å². The van der Waals surface area contributed by atoms with Gasteiger partial charge in [0.1, 0.15) is 11.4 Å². The second-order valence-electron chi connectivity index (χ2n) is 11.2. The molecule has 42 heavy (non-hydrogen) atoms. The van der Waals surface area contributed by atoms with Crippen molar-refractivity contribution in [2.75, 3.05) is 11.9 Å². The molecule has 1 aliphatic rings. The lowest BCUT2D eigenvalue weighted by Crippen LogP contribution is -2.17. The number of benzene rings is 3. The van der Waals surface area contributed by atoms with Crippen molar-refractivity contribution >= 4 is 11.7 Å². The molecule has 1 aliphatic carbocycles. The van der Waals surface area contributed by atoms with Crippen molar-refractivity contribution in [2.24, 2.45) is 0 Å². The number of halogens is 3. The second kappa shape index (κ2) is 12.0. The lowest BCUT2D eigenvalue weighted by atomic mass is 9.91. The molecule has 1 atom stereocenters. The SMILES string of the molecule is CCOC(=O)CC1(c2ccc(-c3ccc(-c4onc(C)c4NC(C)CCc4cccc(C(F)(F)F)c4)cc3)cc2)CC1. The van der Waals surface area contributed by atoms with E-state index in [1.54, 1.807) is 6.07 Å². The molecule has 220 valence electrons. The summed E-state index contributed by atoms with van der Waals surface area (Å²) in [6.45, 7) is 6.08. The van der Waals surface area contributed by atoms with Crippen molar-refractivity contribution < 1.29 is 27.2 Å². The van der Waals surface area contributed by atoms with Crippen LogP contribution in [0.4, 0.5) is 18.9 Å². The Labute approximate surface area is 244 Å². The zero-order chi connectivity index (χ0) is 29.9. The molecule has 3 aromatic carbocycles. The Morgan fingerprint density at radius 1 is 1.02 bits per heavy atom. The first-order valence-corrected chi connectivity index (χ1v) is 14.3. The van der Waals surface area contributed by atoms with Crippen LogP contribution >= 0.6 is 0 Å². The molecule has 0 amide bonds. The Hall–Kier alpha value is -4.07. The third-order valence-electron chi connectivity index (χ3n) is 7.99. The van der Waals surface area contributed by atoms with E-state index in [1.807, 2.05) is 45.0 Å². The summed E-state index contributed by atoms with van der Waals surface area (Å²) in [6, 6.07) is 21.9. The molecule has 0 aliphatic heterocycles. The van der Waals surface area contributed by atoms with Gasteiger partial charge in [-0.1, -0.05) is 71.9 Å².